The lowest BCUT2D eigenvalue weighted by Gasteiger charge is -2.17. The molecule has 3 rings (SSSR count). The zero-order chi connectivity index (χ0) is 21.3. The Bertz CT molecular complexity index is 1020. The van der Waals surface area contributed by atoms with Gasteiger partial charge in [0.25, 0.3) is 5.91 Å². The Balaban J connectivity index is 1.68. The molecule has 6 nitrogen and oxygen atoms in total. The molecule has 3 N–H and O–H groups in total. The Morgan fingerprint density at radius 3 is 2.67 bits per heavy atom. The van der Waals surface area contributed by atoms with Crippen LogP contribution in [-0.2, 0) is 16.0 Å². The van der Waals surface area contributed by atoms with Crippen LogP contribution in [0.1, 0.15) is 40.9 Å². The summed E-state index contributed by atoms with van der Waals surface area (Å²) in [5.74, 6) is -0.512. The van der Waals surface area contributed by atoms with Crippen molar-refractivity contribution in [2.45, 2.75) is 25.8 Å². The number of hydrogen-bond acceptors (Lipinski definition) is 4. The molecule has 7 heteroatoms. The van der Waals surface area contributed by atoms with Crippen LogP contribution in [0, 0.1) is 0 Å². The first-order chi connectivity index (χ1) is 14.6. The fourth-order valence-corrected chi connectivity index (χ4v) is 3.87. The minimum Gasteiger partial charge on any atom is -0.346 e. The number of aryl methyl sites for hydroxylation is 1. The summed E-state index contributed by atoms with van der Waals surface area (Å²) in [6, 6.07) is 19.3. The molecular formula is C23H23N3O3S. The first-order valence-electron chi connectivity index (χ1n) is 9.59. The van der Waals surface area contributed by atoms with Crippen molar-refractivity contribution in [3.05, 3.63) is 82.7 Å². The van der Waals surface area contributed by atoms with Crippen molar-refractivity contribution in [2.75, 3.05) is 0 Å². The maximum atomic E-state index is 12.9. The summed E-state index contributed by atoms with van der Waals surface area (Å²) < 4.78 is 0. The van der Waals surface area contributed by atoms with Crippen molar-refractivity contribution in [1.82, 2.24) is 16.2 Å². The van der Waals surface area contributed by atoms with Crippen LogP contribution in [0.5, 0.6) is 0 Å². The normalized spacial score (nSPS) is 11.4. The molecule has 0 radical (unpaired) electrons. The molecule has 0 fully saturated rings. The number of carbonyl (C=O) groups excluding carboxylic acids is 3. The Kier molecular flexibility index (Phi) is 7.34. The van der Waals surface area contributed by atoms with Gasteiger partial charge < -0.3 is 5.32 Å². The van der Waals surface area contributed by atoms with Gasteiger partial charge in [-0.25, -0.2) is 0 Å². The molecule has 3 aromatic rings. The first kappa shape index (κ1) is 21.3. The van der Waals surface area contributed by atoms with Gasteiger partial charge in [0.2, 0.25) is 12.3 Å². The summed E-state index contributed by atoms with van der Waals surface area (Å²) in [4.78, 5) is 36.1. The first-order valence-corrected chi connectivity index (χ1v) is 10.5. The number of carbonyl (C=O) groups is 3. The predicted molar refractivity (Wildman–Crippen MR) is 118 cm³/mol. The molecule has 154 valence electrons. The summed E-state index contributed by atoms with van der Waals surface area (Å²) in [7, 11) is 0. The molecule has 0 saturated heterocycles. The Hall–Kier alpha value is -3.45. The van der Waals surface area contributed by atoms with Crippen molar-refractivity contribution in [2.24, 2.45) is 0 Å². The van der Waals surface area contributed by atoms with Crippen LogP contribution in [0.25, 0.3) is 10.4 Å². The van der Waals surface area contributed by atoms with Crippen molar-refractivity contribution >= 4 is 29.6 Å². The SMILES string of the molecule is CC(NC(=O)c1ccccc1CCC(=O)NNC=O)c1cccc(-c2cccs2)c1. The molecule has 0 aliphatic rings. The Morgan fingerprint density at radius 1 is 1.07 bits per heavy atom. The van der Waals surface area contributed by atoms with Gasteiger partial charge in [-0.05, 0) is 53.6 Å². The van der Waals surface area contributed by atoms with Gasteiger partial charge in [0, 0.05) is 16.9 Å². The van der Waals surface area contributed by atoms with Crippen molar-refractivity contribution in [3.8, 4) is 10.4 Å². The van der Waals surface area contributed by atoms with Crippen LogP contribution < -0.4 is 16.2 Å². The van der Waals surface area contributed by atoms with E-state index in [0.717, 1.165) is 16.7 Å². The molecule has 1 aromatic heterocycles. The van der Waals surface area contributed by atoms with Crippen LogP contribution >= 0.6 is 11.3 Å². The molecule has 0 aliphatic carbocycles. The second-order valence-corrected chi connectivity index (χ2v) is 7.71. The van der Waals surface area contributed by atoms with E-state index in [1.54, 1.807) is 23.5 Å². The maximum Gasteiger partial charge on any atom is 0.252 e. The molecule has 1 heterocycles. The zero-order valence-corrected chi connectivity index (χ0v) is 17.4. The van der Waals surface area contributed by atoms with E-state index in [1.165, 1.54) is 4.88 Å². The number of benzene rings is 2. The van der Waals surface area contributed by atoms with Crippen LogP contribution in [0.3, 0.4) is 0 Å². The smallest absolute Gasteiger partial charge is 0.252 e. The number of thiophene rings is 1. The standard InChI is InChI=1S/C23H23N3O3S/c1-16(18-7-4-8-19(14-18)21-10-5-13-30-21)25-23(29)20-9-3-2-6-17(20)11-12-22(28)26-24-15-27/h2-10,13-16H,11-12H2,1H3,(H,24,27)(H,25,29)(H,26,28). The van der Waals surface area contributed by atoms with Crippen LogP contribution in [0.15, 0.2) is 66.0 Å². The molecule has 0 aliphatic heterocycles. The number of rotatable bonds is 9. The number of hydrazine groups is 1. The van der Waals surface area contributed by atoms with Crippen molar-refractivity contribution < 1.29 is 14.4 Å². The molecule has 3 amide bonds. The molecule has 2 aromatic carbocycles. The number of amides is 3. The third kappa shape index (κ3) is 5.55. The fourth-order valence-electron chi connectivity index (χ4n) is 3.14. The van der Waals surface area contributed by atoms with E-state index in [0.29, 0.717) is 18.4 Å². The van der Waals surface area contributed by atoms with Gasteiger partial charge in [-0.2, -0.15) is 0 Å². The minimum absolute atomic E-state index is 0.156. The van der Waals surface area contributed by atoms with E-state index in [2.05, 4.69) is 34.4 Å². The largest absolute Gasteiger partial charge is 0.346 e. The van der Waals surface area contributed by atoms with Gasteiger partial charge >= 0.3 is 0 Å². The van der Waals surface area contributed by atoms with Crippen LogP contribution in [0.2, 0.25) is 0 Å². The highest BCUT2D eigenvalue weighted by Gasteiger charge is 2.16. The second-order valence-electron chi connectivity index (χ2n) is 6.77. The van der Waals surface area contributed by atoms with Gasteiger partial charge in [-0.3, -0.25) is 25.2 Å². The highest BCUT2D eigenvalue weighted by molar-refractivity contribution is 7.13. The Morgan fingerprint density at radius 2 is 1.90 bits per heavy atom. The average Bonchev–Trinajstić information content (AvgIpc) is 3.31. The van der Waals surface area contributed by atoms with Gasteiger partial charge in [0.1, 0.15) is 0 Å². The molecular weight excluding hydrogens is 398 g/mol. The molecule has 1 unspecified atom stereocenters. The summed E-state index contributed by atoms with van der Waals surface area (Å²) in [5, 5.41) is 5.09. The topological polar surface area (TPSA) is 87.3 Å². The summed E-state index contributed by atoms with van der Waals surface area (Å²) in [6.07, 6.45) is 0.940. The van der Waals surface area contributed by atoms with E-state index < -0.39 is 0 Å². The van der Waals surface area contributed by atoms with E-state index in [1.807, 2.05) is 42.6 Å². The van der Waals surface area contributed by atoms with Crippen molar-refractivity contribution in [3.63, 3.8) is 0 Å². The van der Waals surface area contributed by atoms with E-state index >= 15 is 0 Å². The third-order valence-corrected chi connectivity index (χ3v) is 5.61. The van der Waals surface area contributed by atoms with Gasteiger partial charge in [-0.15, -0.1) is 11.3 Å². The maximum absolute atomic E-state index is 12.9. The molecule has 1 atom stereocenters. The predicted octanol–water partition coefficient (Wildman–Crippen LogP) is 3.62. The lowest BCUT2D eigenvalue weighted by Crippen LogP contribution is -2.36. The highest BCUT2D eigenvalue weighted by Crippen LogP contribution is 2.27. The van der Waals surface area contributed by atoms with Gasteiger partial charge in [0.05, 0.1) is 6.04 Å². The molecule has 0 saturated carbocycles. The number of hydrogen-bond donors (Lipinski definition) is 3. The summed E-state index contributed by atoms with van der Waals surface area (Å²) in [6.45, 7) is 1.95. The fraction of sp³-hybridized carbons (Fsp3) is 0.174. The second kappa shape index (κ2) is 10.4. The van der Waals surface area contributed by atoms with Crippen LogP contribution in [0.4, 0.5) is 0 Å². The quantitative estimate of drug-likeness (QED) is 0.364. The van der Waals surface area contributed by atoms with Crippen molar-refractivity contribution in [1.29, 1.82) is 0 Å². The number of nitrogens with one attached hydrogen (secondary N) is 3. The highest BCUT2D eigenvalue weighted by atomic mass is 32.1. The molecule has 30 heavy (non-hydrogen) atoms. The summed E-state index contributed by atoms with van der Waals surface area (Å²) >= 11 is 1.68. The zero-order valence-electron chi connectivity index (χ0n) is 16.6. The van der Waals surface area contributed by atoms with Crippen LogP contribution in [-0.4, -0.2) is 18.2 Å². The third-order valence-electron chi connectivity index (χ3n) is 4.69. The van der Waals surface area contributed by atoms with E-state index in [9.17, 15) is 14.4 Å². The lowest BCUT2D eigenvalue weighted by atomic mass is 10.0. The van der Waals surface area contributed by atoms with Gasteiger partial charge in [0.15, 0.2) is 0 Å². The molecule has 0 bridgehead atoms. The molecule has 0 spiro atoms. The Labute approximate surface area is 179 Å². The van der Waals surface area contributed by atoms with E-state index in [4.69, 9.17) is 0 Å². The monoisotopic (exact) mass is 421 g/mol. The summed E-state index contributed by atoms with van der Waals surface area (Å²) in [5.41, 5.74) is 7.84. The average molecular weight is 422 g/mol. The lowest BCUT2D eigenvalue weighted by molar-refractivity contribution is -0.124. The van der Waals surface area contributed by atoms with Gasteiger partial charge in [-0.1, -0.05) is 42.5 Å². The minimum atomic E-state index is -0.323. The van der Waals surface area contributed by atoms with E-state index in [-0.39, 0.29) is 24.3 Å².